The third-order valence-electron chi connectivity index (χ3n) is 7.10. The van der Waals surface area contributed by atoms with Gasteiger partial charge in [0.05, 0.1) is 4.90 Å². The molecule has 204 valence electrons. The summed E-state index contributed by atoms with van der Waals surface area (Å²) in [5.41, 5.74) is -0.494. The van der Waals surface area contributed by atoms with E-state index in [0.29, 0.717) is 30.6 Å². The van der Waals surface area contributed by atoms with Crippen molar-refractivity contribution in [1.29, 1.82) is 0 Å². The molecule has 2 saturated heterocycles. The largest absolute Gasteiger partial charge is 0.480 e. The number of carboxylic acid groups (broad SMARTS) is 1. The monoisotopic (exact) mass is 581 g/mol. The first-order chi connectivity index (χ1) is 17.9. The summed E-state index contributed by atoms with van der Waals surface area (Å²) in [5, 5.41) is 12.7. The zero-order valence-corrected chi connectivity index (χ0v) is 23.2. The molecule has 0 radical (unpaired) electrons. The summed E-state index contributed by atoms with van der Waals surface area (Å²) in [4.78, 5) is 39.9. The first-order valence-electron chi connectivity index (χ1n) is 12.3. The van der Waals surface area contributed by atoms with Crippen molar-refractivity contribution in [3.05, 3.63) is 63.6 Å². The Hall–Kier alpha value is -2.66. The number of carbonyl (C=O) groups is 3. The second kappa shape index (κ2) is 11.2. The van der Waals surface area contributed by atoms with Crippen LogP contribution in [-0.4, -0.2) is 71.7 Å². The molecule has 0 aromatic heterocycles. The van der Waals surface area contributed by atoms with Crippen LogP contribution in [0.1, 0.15) is 48.5 Å². The van der Waals surface area contributed by atoms with E-state index in [4.69, 9.17) is 23.2 Å². The molecule has 0 saturated carbocycles. The van der Waals surface area contributed by atoms with Crippen molar-refractivity contribution in [2.24, 2.45) is 0 Å². The van der Waals surface area contributed by atoms with Gasteiger partial charge in [0.15, 0.2) is 0 Å². The van der Waals surface area contributed by atoms with Gasteiger partial charge in [-0.1, -0.05) is 35.3 Å². The van der Waals surface area contributed by atoms with Crippen molar-refractivity contribution in [3.63, 3.8) is 0 Å². The van der Waals surface area contributed by atoms with Crippen molar-refractivity contribution in [1.82, 2.24) is 14.5 Å². The van der Waals surface area contributed by atoms with Crippen molar-refractivity contribution in [3.8, 4) is 0 Å². The average Bonchev–Trinajstić information content (AvgIpc) is 3.54. The maximum Gasteiger partial charge on any atom is 0.326 e. The number of likely N-dealkylation sites (tertiary alicyclic amines) is 1. The maximum atomic E-state index is 13.5. The van der Waals surface area contributed by atoms with Crippen LogP contribution in [0.15, 0.2) is 47.4 Å². The molecular formula is C26H29Cl2N3O6S. The Balaban J connectivity index is 1.53. The van der Waals surface area contributed by atoms with Gasteiger partial charge in [-0.25, -0.2) is 13.2 Å². The highest BCUT2D eigenvalue weighted by molar-refractivity contribution is 7.89. The van der Waals surface area contributed by atoms with E-state index in [0.717, 1.165) is 17.1 Å². The average molecular weight is 583 g/mol. The minimum Gasteiger partial charge on any atom is -0.480 e. The molecule has 0 aliphatic carbocycles. The number of aliphatic carboxylic acids is 1. The third-order valence-corrected chi connectivity index (χ3v) is 9.53. The lowest BCUT2D eigenvalue weighted by Gasteiger charge is -2.34. The minimum absolute atomic E-state index is 0.0745. The Morgan fingerprint density at radius 2 is 1.68 bits per heavy atom. The van der Waals surface area contributed by atoms with Crippen LogP contribution in [0.25, 0.3) is 0 Å². The van der Waals surface area contributed by atoms with Gasteiger partial charge in [-0.3, -0.25) is 9.59 Å². The number of hydrogen-bond donors (Lipinski definition) is 2. The summed E-state index contributed by atoms with van der Waals surface area (Å²) in [6.45, 7) is 2.94. The summed E-state index contributed by atoms with van der Waals surface area (Å²) in [7, 11) is -4.16. The summed E-state index contributed by atoms with van der Waals surface area (Å²) in [5.74, 6) is -2.10. The third kappa shape index (κ3) is 5.83. The molecule has 2 aliphatic rings. The summed E-state index contributed by atoms with van der Waals surface area (Å²) >= 11 is 12.0. The topological polar surface area (TPSA) is 124 Å². The van der Waals surface area contributed by atoms with E-state index in [2.05, 4.69) is 5.32 Å². The first-order valence-corrected chi connectivity index (χ1v) is 14.5. The van der Waals surface area contributed by atoms with Crippen LogP contribution >= 0.6 is 23.2 Å². The number of carbonyl (C=O) groups excluding carboxylic acids is 2. The number of nitrogens with zero attached hydrogens (tertiary/aromatic N) is 2. The van der Waals surface area contributed by atoms with E-state index in [1.54, 1.807) is 29.2 Å². The Morgan fingerprint density at radius 3 is 2.32 bits per heavy atom. The number of nitrogens with one attached hydrogen (secondary N) is 1. The Morgan fingerprint density at radius 1 is 1.03 bits per heavy atom. The van der Waals surface area contributed by atoms with Gasteiger partial charge >= 0.3 is 5.97 Å². The first kappa shape index (κ1) is 28.4. The van der Waals surface area contributed by atoms with Crippen LogP contribution in [0.3, 0.4) is 0 Å². The van der Waals surface area contributed by atoms with E-state index < -0.39 is 33.5 Å². The highest BCUT2D eigenvalue weighted by atomic mass is 35.5. The molecule has 2 N–H and O–H groups in total. The maximum absolute atomic E-state index is 13.5. The molecule has 12 heteroatoms. The molecule has 2 amide bonds. The number of amides is 2. The van der Waals surface area contributed by atoms with E-state index in [-0.39, 0.29) is 40.2 Å². The van der Waals surface area contributed by atoms with Gasteiger partial charge in [0.25, 0.3) is 5.91 Å². The lowest BCUT2D eigenvalue weighted by atomic mass is 9.97. The number of halogens is 2. The molecule has 2 aromatic rings. The lowest BCUT2D eigenvalue weighted by molar-refractivity contribution is -0.143. The van der Waals surface area contributed by atoms with Gasteiger partial charge in [-0.15, -0.1) is 0 Å². The summed E-state index contributed by atoms with van der Waals surface area (Å²) in [6, 6.07) is 9.29. The van der Waals surface area contributed by atoms with Gasteiger partial charge in [-0.2, -0.15) is 4.31 Å². The van der Waals surface area contributed by atoms with Crippen LogP contribution in [0.5, 0.6) is 0 Å². The van der Waals surface area contributed by atoms with Gasteiger partial charge in [0, 0.05) is 41.7 Å². The van der Waals surface area contributed by atoms with Gasteiger partial charge in [0.1, 0.15) is 11.6 Å². The van der Waals surface area contributed by atoms with Crippen molar-refractivity contribution < 1.29 is 27.9 Å². The number of benzene rings is 2. The molecule has 4 rings (SSSR count). The SMILES string of the molecule is C[C@@]1(C(=O)N[C@@H](Cc2cccc(C(=O)N3CCCC3)c2)C(=O)O)CCCN1S(=O)(=O)c1cc(Cl)cc(Cl)c1. The molecule has 0 unspecified atom stereocenters. The highest BCUT2D eigenvalue weighted by Crippen LogP contribution is 2.36. The Kier molecular flexibility index (Phi) is 8.37. The van der Waals surface area contributed by atoms with E-state index in [1.807, 2.05) is 0 Å². The predicted molar refractivity (Wildman–Crippen MR) is 143 cm³/mol. The number of hydrogen-bond acceptors (Lipinski definition) is 5. The highest BCUT2D eigenvalue weighted by Gasteiger charge is 2.50. The van der Waals surface area contributed by atoms with Crippen LogP contribution in [0.4, 0.5) is 0 Å². The van der Waals surface area contributed by atoms with Crippen molar-refractivity contribution in [2.75, 3.05) is 19.6 Å². The fourth-order valence-electron chi connectivity index (χ4n) is 5.04. The van der Waals surface area contributed by atoms with Crippen LogP contribution in [-0.2, 0) is 26.0 Å². The lowest BCUT2D eigenvalue weighted by Crippen LogP contribution is -2.58. The normalized spacial score (nSPS) is 20.9. The molecule has 2 aromatic carbocycles. The van der Waals surface area contributed by atoms with Crippen molar-refractivity contribution in [2.45, 2.75) is 55.5 Å². The smallest absolute Gasteiger partial charge is 0.326 e. The fraction of sp³-hybridized carbons (Fsp3) is 0.423. The quantitative estimate of drug-likeness (QED) is 0.491. The zero-order valence-electron chi connectivity index (χ0n) is 20.8. The molecule has 2 heterocycles. The van der Waals surface area contributed by atoms with Crippen LogP contribution in [0, 0.1) is 0 Å². The molecule has 2 aliphatic heterocycles. The Labute approximate surface area is 231 Å². The molecule has 38 heavy (non-hydrogen) atoms. The molecular weight excluding hydrogens is 553 g/mol. The van der Waals surface area contributed by atoms with Crippen LogP contribution < -0.4 is 5.32 Å². The van der Waals surface area contributed by atoms with Gasteiger partial charge in [0.2, 0.25) is 15.9 Å². The standard InChI is InChI=1S/C26H29Cl2N3O6S/c1-26(8-5-11-31(26)38(36,37)21-15-19(27)14-20(28)16-21)25(35)29-22(24(33)34)13-17-6-4-7-18(12-17)23(32)30-9-2-3-10-30/h4,6-7,12,14-16,22H,2-3,5,8-11,13H2,1H3,(H,29,35)(H,33,34)/t22-,26-/m0/s1. The molecule has 0 spiro atoms. The predicted octanol–water partition coefficient (Wildman–Crippen LogP) is 3.58. The Bertz CT molecular complexity index is 1340. The van der Waals surface area contributed by atoms with E-state index in [1.165, 1.54) is 25.1 Å². The number of rotatable bonds is 8. The molecule has 2 atom stereocenters. The van der Waals surface area contributed by atoms with Crippen LogP contribution in [0.2, 0.25) is 10.0 Å². The van der Waals surface area contributed by atoms with E-state index in [9.17, 15) is 27.9 Å². The fourth-order valence-corrected chi connectivity index (χ4v) is 7.57. The molecule has 2 fully saturated rings. The summed E-state index contributed by atoms with van der Waals surface area (Å²) < 4.78 is 28.0. The number of carboxylic acids is 1. The van der Waals surface area contributed by atoms with E-state index >= 15 is 0 Å². The van der Waals surface area contributed by atoms with Crippen molar-refractivity contribution >= 4 is 51.0 Å². The van der Waals surface area contributed by atoms with Gasteiger partial charge in [-0.05, 0) is 68.5 Å². The second-order valence-electron chi connectivity index (χ2n) is 9.83. The second-order valence-corrected chi connectivity index (χ2v) is 12.6. The molecule has 9 nitrogen and oxygen atoms in total. The number of sulfonamides is 1. The molecule has 0 bridgehead atoms. The minimum atomic E-state index is -4.16. The summed E-state index contributed by atoms with van der Waals surface area (Å²) in [6.07, 6.45) is 2.45. The zero-order chi connectivity index (χ0) is 27.7. The van der Waals surface area contributed by atoms with Gasteiger partial charge < -0.3 is 15.3 Å².